The Morgan fingerprint density at radius 3 is 2.71 bits per heavy atom. The molecule has 0 bridgehead atoms. The molecule has 0 fully saturated rings. The number of carbonyl (C=O) groups excluding carboxylic acids is 2. The van der Waals surface area contributed by atoms with Crippen molar-refractivity contribution in [2.45, 2.75) is 38.7 Å². The summed E-state index contributed by atoms with van der Waals surface area (Å²) in [5.41, 5.74) is 1.84. The molecule has 2 aromatic rings. The minimum Gasteiger partial charge on any atom is -0.487 e. The lowest BCUT2D eigenvalue weighted by molar-refractivity contribution is -0.125. The lowest BCUT2D eigenvalue weighted by atomic mass is 10.0. The Labute approximate surface area is 170 Å². The number of fused-ring (bicyclic) bond motifs is 1. The second-order valence-corrected chi connectivity index (χ2v) is 7.60. The summed E-state index contributed by atoms with van der Waals surface area (Å²) < 4.78 is 5.77. The maximum absolute atomic E-state index is 12.7. The van der Waals surface area contributed by atoms with Gasteiger partial charge in [-0.05, 0) is 36.6 Å². The van der Waals surface area contributed by atoms with Crippen LogP contribution in [0.1, 0.15) is 38.2 Å². The fourth-order valence-electron chi connectivity index (χ4n) is 3.26. The van der Waals surface area contributed by atoms with Crippen LogP contribution in [0.15, 0.2) is 48.5 Å². The summed E-state index contributed by atoms with van der Waals surface area (Å²) in [5.74, 6) is 0.626. The molecule has 0 saturated heterocycles. The van der Waals surface area contributed by atoms with E-state index in [1.807, 2.05) is 37.3 Å². The van der Waals surface area contributed by atoms with Crippen molar-refractivity contribution in [2.24, 2.45) is 0 Å². The fourth-order valence-corrected chi connectivity index (χ4v) is 3.42. The van der Waals surface area contributed by atoms with Crippen molar-refractivity contribution >= 4 is 29.1 Å². The molecule has 1 aliphatic heterocycles. The number of ether oxygens (including phenoxy) is 1. The van der Waals surface area contributed by atoms with Gasteiger partial charge < -0.3 is 15.0 Å². The van der Waals surface area contributed by atoms with Crippen molar-refractivity contribution in [1.82, 2.24) is 5.32 Å². The maximum Gasteiger partial charge on any atom is 0.227 e. The monoisotopic (exact) mass is 400 g/mol. The zero-order valence-electron chi connectivity index (χ0n) is 16.2. The number of amides is 2. The average Bonchev–Trinajstić information content (AvgIpc) is 2.70. The highest BCUT2D eigenvalue weighted by molar-refractivity contribution is 6.31. The van der Waals surface area contributed by atoms with Crippen LogP contribution in [0, 0.1) is 0 Å². The summed E-state index contributed by atoms with van der Waals surface area (Å²) in [6.07, 6.45) is 0.185. The molecule has 2 atom stereocenters. The van der Waals surface area contributed by atoms with Crippen LogP contribution in [0.3, 0.4) is 0 Å². The largest absolute Gasteiger partial charge is 0.487 e. The van der Waals surface area contributed by atoms with Crippen LogP contribution in [0.25, 0.3) is 0 Å². The number of carbonyl (C=O) groups is 2. The fraction of sp³-hybridized carbons (Fsp3) is 0.364. The van der Waals surface area contributed by atoms with Crippen LogP contribution in [0.2, 0.25) is 5.02 Å². The van der Waals surface area contributed by atoms with E-state index >= 15 is 0 Å². The lowest BCUT2D eigenvalue weighted by Crippen LogP contribution is -2.42. The second-order valence-electron chi connectivity index (χ2n) is 7.16. The molecule has 0 aliphatic carbocycles. The molecular formula is C22H25ClN2O3. The first-order valence-corrected chi connectivity index (χ1v) is 9.90. The molecule has 3 rings (SSSR count). The van der Waals surface area contributed by atoms with Crippen LogP contribution in [-0.2, 0) is 9.59 Å². The average molecular weight is 401 g/mol. The van der Waals surface area contributed by atoms with Crippen molar-refractivity contribution < 1.29 is 14.3 Å². The molecule has 6 heteroatoms. The lowest BCUT2D eigenvalue weighted by Gasteiger charge is -2.33. The quantitative estimate of drug-likeness (QED) is 0.792. The third-order valence-electron chi connectivity index (χ3n) is 4.82. The van der Waals surface area contributed by atoms with Gasteiger partial charge in [0.25, 0.3) is 0 Å². The van der Waals surface area contributed by atoms with Crippen LogP contribution in [0.4, 0.5) is 5.69 Å². The van der Waals surface area contributed by atoms with Crippen LogP contribution < -0.4 is 15.0 Å². The van der Waals surface area contributed by atoms with Gasteiger partial charge in [-0.3, -0.25) is 9.59 Å². The maximum atomic E-state index is 12.7. The van der Waals surface area contributed by atoms with E-state index in [0.29, 0.717) is 29.5 Å². The molecule has 0 unspecified atom stereocenters. The van der Waals surface area contributed by atoms with Crippen molar-refractivity contribution in [3.05, 3.63) is 59.1 Å². The van der Waals surface area contributed by atoms with Gasteiger partial charge in [0.2, 0.25) is 11.8 Å². The number of hydrogen-bond acceptors (Lipinski definition) is 3. The first-order valence-electron chi connectivity index (χ1n) is 9.52. The molecule has 1 heterocycles. The normalized spacial score (nSPS) is 16.7. The predicted octanol–water partition coefficient (Wildman–Crippen LogP) is 4.15. The summed E-state index contributed by atoms with van der Waals surface area (Å²) >= 11 is 6.07. The van der Waals surface area contributed by atoms with Gasteiger partial charge in [0, 0.05) is 24.4 Å². The molecule has 2 amide bonds. The minimum atomic E-state index is -0.122. The zero-order valence-corrected chi connectivity index (χ0v) is 16.9. The first kappa shape index (κ1) is 20.2. The third kappa shape index (κ3) is 5.04. The minimum absolute atomic E-state index is 0.107. The summed E-state index contributed by atoms with van der Waals surface area (Å²) in [6, 6.07) is 15.3. The molecule has 0 saturated carbocycles. The summed E-state index contributed by atoms with van der Waals surface area (Å²) in [5, 5.41) is 3.46. The van der Waals surface area contributed by atoms with Crippen molar-refractivity contribution in [3.8, 4) is 5.75 Å². The molecule has 1 aliphatic rings. The Hall–Kier alpha value is -2.53. The van der Waals surface area contributed by atoms with Gasteiger partial charge in [-0.2, -0.15) is 0 Å². The molecule has 0 spiro atoms. The highest BCUT2D eigenvalue weighted by Gasteiger charge is 2.28. The Balaban J connectivity index is 1.53. The molecule has 148 valence electrons. The molecule has 0 aromatic heterocycles. The predicted molar refractivity (Wildman–Crippen MR) is 111 cm³/mol. The van der Waals surface area contributed by atoms with E-state index in [-0.39, 0.29) is 36.7 Å². The SMILES string of the molecule is C[C@H](CNC(=O)CCC(=O)N1C[C@H](C)Oc2ccc(Cl)cc21)c1ccccc1. The van der Waals surface area contributed by atoms with Gasteiger partial charge in [0.1, 0.15) is 11.9 Å². The van der Waals surface area contributed by atoms with E-state index < -0.39 is 0 Å². The van der Waals surface area contributed by atoms with E-state index in [9.17, 15) is 9.59 Å². The summed E-state index contributed by atoms with van der Waals surface area (Å²) in [4.78, 5) is 26.6. The Bertz CT molecular complexity index is 841. The Morgan fingerprint density at radius 2 is 1.96 bits per heavy atom. The van der Waals surface area contributed by atoms with E-state index in [2.05, 4.69) is 12.2 Å². The number of benzene rings is 2. The van der Waals surface area contributed by atoms with Crippen molar-refractivity contribution in [3.63, 3.8) is 0 Å². The topological polar surface area (TPSA) is 58.6 Å². The van der Waals surface area contributed by atoms with Crippen LogP contribution in [-0.4, -0.2) is 31.0 Å². The number of anilines is 1. The van der Waals surface area contributed by atoms with Gasteiger partial charge in [-0.25, -0.2) is 0 Å². The number of nitrogens with zero attached hydrogens (tertiary/aromatic N) is 1. The summed E-state index contributed by atoms with van der Waals surface area (Å²) in [7, 11) is 0. The van der Waals surface area contributed by atoms with E-state index in [0.717, 1.165) is 0 Å². The van der Waals surface area contributed by atoms with Gasteiger partial charge in [-0.1, -0.05) is 48.9 Å². The van der Waals surface area contributed by atoms with E-state index in [4.69, 9.17) is 16.3 Å². The van der Waals surface area contributed by atoms with Crippen LogP contribution >= 0.6 is 11.6 Å². The molecule has 1 N–H and O–H groups in total. The number of nitrogens with one attached hydrogen (secondary N) is 1. The van der Waals surface area contributed by atoms with E-state index in [1.165, 1.54) is 5.56 Å². The van der Waals surface area contributed by atoms with Crippen LogP contribution in [0.5, 0.6) is 5.75 Å². The highest BCUT2D eigenvalue weighted by atomic mass is 35.5. The van der Waals surface area contributed by atoms with E-state index in [1.54, 1.807) is 23.1 Å². The number of hydrogen-bond donors (Lipinski definition) is 1. The van der Waals surface area contributed by atoms with Gasteiger partial charge >= 0.3 is 0 Å². The standard InChI is InChI=1S/C22H25ClN2O3/c1-15(17-6-4-3-5-7-17)13-24-21(26)10-11-22(27)25-14-16(2)28-20-9-8-18(23)12-19(20)25/h3-9,12,15-16H,10-11,13-14H2,1-2H3,(H,24,26)/t15-,16+/m1/s1. The first-order chi connectivity index (χ1) is 13.4. The second kappa shape index (κ2) is 9.11. The van der Waals surface area contributed by atoms with Crippen molar-refractivity contribution in [2.75, 3.05) is 18.0 Å². The van der Waals surface area contributed by atoms with Gasteiger partial charge in [0.05, 0.1) is 12.2 Å². The molecule has 2 aromatic carbocycles. The third-order valence-corrected chi connectivity index (χ3v) is 5.06. The van der Waals surface area contributed by atoms with Gasteiger partial charge in [-0.15, -0.1) is 0 Å². The number of rotatable bonds is 6. The molecule has 5 nitrogen and oxygen atoms in total. The Morgan fingerprint density at radius 1 is 1.21 bits per heavy atom. The molecule has 0 radical (unpaired) electrons. The number of halogens is 1. The molecular weight excluding hydrogens is 376 g/mol. The van der Waals surface area contributed by atoms with Gasteiger partial charge in [0.15, 0.2) is 0 Å². The van der Waals surface area contributed by atoms with Crippen molar-refractivity contribution in [1.29, 1.82) is 0 Å². The smallest absolute Gasteiger partial charge is 0.227 e. The summed E-state index contributed by atoms with van der Waals surface area (Å²) in [6.45, 7) is 4.97. The Kier molecular flexibility index (Phi) is 6.57. The zero-order chi connectivity index (χ0) is 20.1. The highest BCUT2D eigenvalue weighted by Crippen LogP contribution is 2.36. The molecule has 28 heavy (non-hydrogen) atoms.